The van der Waals surface area contributed by atoms with E-state index in [9.17, 15) is 4.79 Å². The molecule has 1 aliphatic heterocycles. The van der Waals surface area contributed by atoms with E-state index in [1.165, 1.54) is 0 Å². The molecule has 0 aromatic heterocycles. The Morgan fingerprint density at radius 1 is 1.79 bits per heavy atom. The van der Waals surface area contributed by atoms with Crippen molar-refractivity contribution in [1.29, 1.82) is 0 Å². The van der Waals surface area contributed by atoms with Crippen LogP contribution in [0.5, 0.6) is 0 Å². The minimum Gasteiger partial charge on any atom is -0.355 e. The summed E-state index contributed by atoms with van der Waals surface area (Å²) >= 11 is 3.62. The molecule has 1 heterocycles. The lowest BCUT2D eigenvalue weighted by Gasteiger charge is -2.12. The molecule has 0 saturated carbocycles. The van der Waals surface area contributed by atoms with Crippen molar-refractivity contribution in [1.82, 2.24) is 10.6 Å². The molecule has 3 nitrogen and oxygen atoms in total. The van der Waals surface area contributed by atoms with E-state index in [0.717, 1.165) is 24.6 Å². The topological polar surface area (TPSA) is 41.1 Å². The van der Waals surface area contributed by atoms with Gasteiger partial charge in [-0.15, -0.1) is 11.8 Å². The van der Waals surface area contributed by atoms with E-state index in [4.69, 9.17) is 0 Å². The largest absolute Gasteiger partial charge is 0.355 e. The Morgan fingerprint density at radius 2 is 2.57 bits per heavy atom. The maximum atomic E-state index is 11.5. The Balaban J connectivity index is 2.08. The molecule has 1 amide bonds. The fourth-order valence-electron chi connectivity index (χ4n) is 1.20. The monoisotopic (exact) mass is 234 g/mol. The molecule has 0 spiro atoms. The zero-order chi connectivity index (χ0) is 10.4. The summed E-state index contributed by atoms with van der Waals surface area (Å²) in [5, 5.41) is 6.74. The first kappa shape index (κ1) is 12.2. The first-order valence-electron chi connectivity index (χ1n) is 4.85. The van der Waals surface area contributed by atoms with Crippen LogP contribution in [0.4, 0.5) is 0 Å². The van der Waals surface area contributed by atoms with Gasteiger partial charge in [0.2, 0.25) is 5.91 Å². The third kappa shape index (κ3) is 4.11. The van der Waals surface area contributed by atoms with Gasteiger partial charge in [0.15, 0.2) is 0 Å². The molecule has 82 valence electrons. The third-order valence-electron chi connectivity index (χ3n) is 2.29. The maximum absolute atomic E-state index is 11.5. The van der Waals surface area contributed by atoms with Crippen LogP contribution < -0.4 is 10.6 Å². The molecule has 0 bridgehead atoms. The minimum atomic E-state index is 0.0320. The quantitative estimate of drug-likeness (QED) is 0.742. The van der Waals surface area contributed by atoms with Crippen LogP contribution in [0.2, 0.25) is 0 Å². The molecule has 5 heteroatoms. The molecule has 1 saturated heterocycles. The van der Waals surface area contributed by atoms with Crippen molar-refractivity contribution in [3.63, 3.8) is 0 Å². The van der Waals surface area contributed by atoms with E-state index in [1.807, 2.05) is 11.8 Å². The van der Waals surface area contributed by atoms with Gasteiger partial charge in [0, 0.05) is 23.4 Å². The molecule has 1 fully saturated rings. The molecule has 1 aliphatic rings. The van der Waals surface area contributed by atoms with E-state index in [2.05, 4.69) is 23.8 Å². The Bertz CT molecular complexity index is 184. The molecule has 0 aromatic carbocycles. The summed E-state index contributed by atoms with van der Waals surface area (Å²) in [6.07, 6.45) is 3.15. The second-order valence-electron chi connectivity index (χ2n) is 3.40. The third-order valence-corrected chi connectivity index (χ3v) is 4.27. The highest BCUT2D eigenvalue weighted by molar-refractivity contribution is 7.99. The average Bonchev–Trinajstić information content (AvgIpc) is 2.70. The molecule has 2 N–H and O–H groups in total. The molecule has 1 rings (SSSR count). The van der Waals surface area contributed by atoms with Gasteiger partial charge in [-0.3, -0.25) is 10.1 Å². The number of rotatable bonds is 5. The maximum Gasteiger partial charge on any atom is 0.238 e. The van der Waals surface area contributed by atoms with Crippen LogP contribution in [0, 0.1) is 0 Å². The number of amides is 1. The fourth-order valence-corrected chi connectivity index (χ4v) is 2.50. The lowest BCUT2D eigenvalue weighted by molar-refractivity contribution is -0.122. The number of carbonyl (C=O) groups excluding carboxylic acids is 1. The normalized spacial score (nSPS) is 23.4. The Hall–Kier alpha value is 0.130. The first-order valence-corrected chi connectivity index (χ1v) is 7.30. The summed E-state index contributed by atoms with van der Waals surface area (Å²) < 4.78 is 0. The highest BCUT2D eigenvalue weighted by Crippen LogP contribution is 2.10. The summed E-state index contributed by atoms with van der Waals surface area (Å²) in [6, 6.07) is 0.0320. The summed E-state index contributed by atoms with van der Waals surface area (Å²) in [7, 11) is 0. The van der Waals surface area contributed by atoms with E-state index >= 15 is 0 Å². The zero-order valence-corrected chi connectivity index (χ0v) is 10.3. The van der Waals surface area contributed by atoms with Crippen LogP contribution in [0.15, 0.2) is 0 Å². The predicted octanol–water partition coefficient (Wildman–Crippen LogP) is 0.907. The summed E-state index contributed by atoms with van der Waals surface area (Å²) in [5.41, 5.74) is 0. The number of carbonyl (C=O) groups is 1. The number of hydrogen-bond donors (Lipinski definition) is 2. The van der Waals surface area contributed by atoms with Crippen LogP contribution in [0.3, 0.4) is 0 Å². The van der Waals surface area contributed by atoms with Crippen LogP contribution >= 0.6 is 23.5 Å². The Labute approximate surface area is 94.2 Å². The lowest BCUT2D eigenvalue weighted by atomic mass is 10.3. The molecule has 2 unspecified atom stereocenters. The fraction of sp³-hybridized carbons (Fsp3) is 0.889. The van der Waals surface area contributed by atoms with E-state index in [0.29, 0.717) is 5.25 Å². The van der Waals surface area contributed by atoms with E-state index in [1.54, 1.807) is 11.8 Å². The second kappa shape index (κ2) is 6.58. The Kier molecular flexibility index (Phi) is 5.74. The van der Waals surface area contributed by atoms with Gasteiger partial charge in [0.05, 0.1) is 6.04 Å². The standard InChI is InChI=1S/C9H18N2OS2/c1-7(13-2)3-4-10-9(12)8-5-14-6-11-8/h7-8,11H,3-6H2,1-2H3,(H,10,12). The molecular weight excluding hydrogens is 216 g/mol. The molecule has 14 heavy (non-hydrogen) atoms. The van der Waals surface area contributed by atoms with Gasteiger partial charge in [-0.25, -0.2) is 0 Å². The summed E-state index contributed by atoms with van der Waals surface area (Å²) in [5.74, 6) is 1.96. The van der Waals surface area contributed by atoms with Crippen molar-refractivity contribution in [3.05, 3.63) is 0 Å². The predicted molar refractivity (Wildman–Crippen MR) is 64.9 cm³/mol. The van der Waals surface area contributed by atoms with Gasteiger partial charge in [-0.2, -0.15) is 11.8 Å². The average molecular weight is 234 g/mol. The van der Waals surface area contributed by atoms with Gasteiger partial charge in [0.25, 0.3) is 0 Å². The summed E-state index contributed by atoms with van der Waals surface area (Å²) in [4.78, 5) is 11.5. The highest BCUT2D eigenvalue weighted by Gasteiger charge is 2.21. The van der Waals surface area contributed by atoms with E-state index in [-0.39, 0.29) is 11.9 Å². The lowest BCUT2D eigenvalue weighted by Crippen LogP contribution is -2.42. The van der Waals surface area contributed by atoms with Crippen molar-refractivity contribution < 1.29 is 4.79 Å². The Morgan fingerprint density at radius 3 is 3.14 bits per heavy atom. The smallest absolute Gasteiger partial charge is 0.238 e. The van der Waals surface area contributed by atoms with Gasteiger partial charge in [-0.05, 0) is 12.7 Å². The van der Waals surface area contributed by atoms with Crippen molar-refractivity contribution >= 4 is 29.4 Å². The number of nitrogens with one attached hydrogen (secondary N) is 2. The molecular formula is C9H18N2OS2. The molecule has 2 atom stereocenters. The van der Waals surface area contributed by atoms with Crippen LogP contribution in [0.1, 0.15) is 13.3 Å². The zero-order valence-electron chi connectivity index (χ0n) is 8.71. The van der Waals surface area contributed by atoms with Crippen molar-refractivity contribution in [2.24, 2.45) is 0 Å². The van der Waals surface area contributed by atoms with Crippen LogP contribution in [0.25, 0.3) is 0 Å². The SMILES string of the molecule is CSC(C)CCNC(=O)C1CSCN1. The molecule has 0 aromatic rings. The van der Waals surface area contributed by atoms with Crippen molar-refractivity contribution in [2.75, 3.05) is 24.4 Å². The van der Waals surface area contributed by atoms with Crippen molar-refractivity contribution in [3.8, 4) is 0 Å². The van der Waals surface area contributed by atoms with Crippen LogP contribution in [-0.4, -0.2) is 41.6 Å². The van der Waals surface area contributed by atoms with Gasteiger partial charge >= 0.3 is 0 Å². The number of thioether (sulfide) groups is 2. The van der Waals surface area contributed by atoms with E-state index < -0.39 is 0 Å². The molecule has 0 radical (unpaired) electrons. The second-order valence-corrected chi connectivity index (χ2v) is 5.70. The highest BCUT2D eigenvalue weighted by atomic mass is 32.2. The molecule has 0 aliphatic carbocycles. The van der Waals surface area contributed by atoms with Gasteiger partial charge in [0.1, 0.15) is 0 Å². The van der Waals surface area contributed by atoms with Crippen molar-refractivity contribution in [2.45, 2.75) is 24.6 Å². The minimum absolute atomic E-state index is 0.0320. The summed E-state index contributed by atoms with van der Waals surface area (Å²) in [6.45, 7) is 2.98. The van der Waals surface area contributed by atoms with Gasteiger partial charge in [-0.1, -0.05) is 6.92 Å². The first-order chi connectivity index (χ1) is 6.74. The number of hydrogen-bond acceptors (Lipinski definition) is 4. The van der Waals surface area contributed by atoms with Gasteiger partial charge < -0.3 is 5.32 Å². The van der Waals surface area contributed by atoms with Crippen LogP contribution in [-0.2, 0) is 4.79 Å².